The molecule has 0 unspecified atom stereocenters. The summed E-state index contributed by atoms with van der Waals surface area (Å²) in [4.78, 5) is 52.1. The molecule has 1 aliphatic rings. The van der Waals surface area contributed by atoms with Crippen molar-refractivity contribution in [3.8, 4) is 11.4 Å². The predicted octanol–water partition coefficient (Wildman–Crippen LogP) is 6.10. The fourth-order valence-electron chi connectivity index (χ4n) is 5.41. The SMILES string of the molecule is CC(C)(C)c1ccc(C(=O)N[C@@H](Cc2ccc(-c3ncc(Br)cn3)cc2)C(=O)N2CCC[C@@]2(C(=O)O)C(C)(C)C)s1. The van der Waals surface area contributed by atoms with Crippen molar-refractivity contribution in [3.05, 3.63) is 68.6 Å². The summed E-state index contributed by atoms with van der Waals surface area (Å²) in [6.07, 6.45) is 4.50. The van der Waals surface area contributed by atoms with Crippen molar-refractivity contribution in [1.82, 2.24) is 20.2 Å². The Morgan fingerprint density at radius 1 is 1.05 bits per heavy atom. The zero-order valence-corrected chi connectivity index (χ0v) is 26.7. The Labute approximate surface area is 253 Å². The van der Waals surface area contributed by atoms with Crippen LogP contribution in [0, 0.1) is 5.41 Å². The van der Waals surface area contributed by atoms with Crippen molar-refractivity contribution < 1.29 is 19.5 Å². The third-order valence-electron chi connectivity index (χ3n) is 7.69. The number of thiophene rings is 1. The maximum absolute atomic E-state index is 14.2. The van der Waals surface area contributed by atoms with Crippen LogP contribution in [0.15, 0.2) is 53.3 Å². The van der Waals surface area contributed by atoms with Gasteiger partial charge in [-0.05, 0) is 57.3 Å². The number of carboxylic acids is 1. The molecule has 2 aromatic heterocycles. The van der Waals surface area contributed by atoms with Gasteiger partial charge in [0.1, 0.15) is 11.6 Å². The minimum absolute atomic E-state index is 0.109. The summed E-state index contributed by atoms with van der Waals surface area (Å²) in [6, 6.07) is 10.3. The van der Waals surface area contributed by atoms with E-state index in [1.54, 1.807) is 18.5 Å². The first kappa shape index (κ1) is 30.8. The monoisotopic (exact) mass is 640 g/mol. The van der Waals surface area contributed by atoms with Crippen molar-refractivity contribution >= 4 is 45.1 Å². The largest absolute Gasteiger partial charge is 0.479 e. The van der Waals surface area contributed by atoms with E-state index >= 15 is 0 Å². The van der Waals surface area contributed by atoms with Gasteiger partial charge in [-0.1, -0.05) is 65.8 Å². The fourth-order valence-corrected chi connectivity index (χ4v) is 6.58. The number of likely N-dealkylation sites (tertiary alicyclic amines) is 1. The zero-order chi connectivity index (χ0) is 30.2. The van der Waals surface area contributed by atoms with Gasteiger partial charge >= 0.3 is 5.97 Å². The number of hydrogen-bond donors (Lipinski definition) is 2. The smallest absolute Gasteiger partial charge is 0.330 e. The van der Waals surface area contributed by atoms with Gasteiger partial charge in [0.2, 0.25) is 5.91 Å². The Kier molecular flexibility index (Phi) is 8.76. The lowest BCUT2D eigenvalue weighted by molar-refractivity contribution is -0.165. The van der Waals surface area contributed by atoms with E-state index in [9.17, 15) is 19.5 Å². The maximum atomic E-state index is 14.2. The number of aliphatic carboxylic acids is 1. The van der Waals surface area contributed by atoms with Gasteiger partial charge < -0.3 is 15.3 Å². The molecular formula is C31H37BrN4O4S. The molecule has 41 heavy (non-hydrogen) atoms. The lowest BCUT2D eigenvalue weighted by atomic mass is 9.71. The normalized spacial score (nSPS) is 18.3. The minimum atomic E-state index is -1.36. The number of nitrogens with one attached hydrogen (secondary N) is 1. The minimum Gasteiger partial charge on any atom is -0.479 e. The van der Waals surface area contributed by atoms with Crippen LogP contribution in [-0.2, 0) is 21.4 Å². The Morgan fingerprint density at radius 2 is 1.68 bits per heavy atom. The summed E-state index contributed by atoms with van der Waals surface area (Å²) >= 11 is 4.74. The van der Waals surface area contributed by atoms with Crippen molar-refractivity contribution in [2.45, 2.75) is 77.8 Å². The summed E-state index contributed by atoms with van der Waals surface area (Å²) in [5, 5.41) is 13.4. The second-order valence-corrected chi connectivity index (χ2v) is 14.6. The van der Waals surface area contributed by atoms with E-state index in [2.05, 4.69) is 52.0 Å². The maximum Gasteiger partial charge on any atom is 0.330 e. The van der Waals surface area contributed by atoms with E-state index in [0.29, 0.717) is 30.1 Å². The summed E-state index contributed by atoms with van der Waals surface area (Å²) in [7, 11) is 0. The highest BCUT2D eigenvalue weighted by molar-refractivity contribution is 9.10. The molecular weight excluding hydrogens is 604 g/mol. The molecule has 2 atom stereocenters. The number of amides is 2. The van der Waals surface area contributed by atoms with E-state index < -0.39 is 23.0 Å². The number of carbonyl (C=O) groups excluding carboxylic acids is 2. The molecule has 3 heterocycles. The molecule has 1 aromatic carbocycles. The van der Waals surface area contributed by atoms with Crippen molar-refractivity contribution in [2.24, 2.45) is 5.41 Å². The second-order valence-electron chi connectivity index (χ2n) is 12.6. The molecule has 3 aromatic rings. The van der Waals surface area contributed by atoms with Gasteiger partial charge in [-0.15, -0.1) is 11.3 Å². The van der Waals surface area contributed by atoms with Crippen LogP contribution in [-0.4, -0.2) is 55.9 Å². The van der Waals surface area contributed by atoms with Gasteiger partial charge in [-0.2, -0.15) is 0 Å². The van der Waals surface area contributed by atoms with Crippen LogP contribution in [0.3, 0.4) is 0 Å². The quantitative estimate of drug-likeness (QED) is 0.323. The number of rotatable bonds is 7. The standard InChI is InChI=1S/C31H37BrN4O4S/c1-29(2,3)24-13-12-23(41-24)26(37)35-22(27(38)36-15-7-14-31(36,28(39)40)30(4,5)6)16-19-8-10-20(11-9-19)25-33-17-21(32)18-34-25/h8-13,17-18,22H,7,14-16H2,1-6H3,(H,35,37)(H,39,40)/t22-,31+/m0/s1. The van der Waals surface area contributed by atoms with Crippen molar-refractivity contribution in [3.63, 3.8) is 0 Å². The van der Waals surface area contributed by atoms with Crippen molar-refractivity contribution in [1.29, 1.82) is 0 Å². The highest BCUT2D eigenvalue weighted by Crippen LogP contribution is 2.44. The van der Waals surface area contributed by atoms with Crippen LogP contribution in [0.5, 0.6) is 0 Å². The molecule has 10 heteroatoms. The number of carboxylic acid groups (broad SMARTS) is 1. The Balaban J connectivity index is 1.65. The molecule has 4 rings (SSSR count). The highest BCUT2D eigenvalue weighted by Gasteiger charge is 2.58. The lowest BCUT2D eigenvalue weighted by Gasteiger charge is -2.45. The van der Waals surface area contributed by atoms with Crippen LogP contribution in [0.2, 0.25) is 0 Å². The topological polar surface area (TPSA) is 112 Å². The number of halogens is 1. The Bertz CT molecular complexity index is 1420. The van der Waals surface area contributed by atoms with Gasteiger partial charge in [0.15, 0.2) is 5.82 Å². The van der Waals surface area contributed by atoms with Gasteiger partial charge in [-0.3, -0.25) is 9.59 Å². The number of hydrogen-bond acceptors (Lipinski definition) is 6. The second kappa shape index (κ2) is 11.6. The summed E-state index contributed by atoms with van der Waals surface area (Å²) in [5.41, 5.74) is -0.540. The average molecular weight is 642 g/mol. The third-order valence-corrected chi connectivity index (χ3v) is 9.61. The summed E-state index contributed by atoms with van der Waals surface area (Å²) in [6.45, 7) is 12.1. The van der Waals surface area contributed by atoms with E-state index in [4.69, 9.17) is 0 Å². The lowest BCUT2D eigenvalue weighted by Crippen LogP contribution is -2.64. The first-order valence-electron chi connectivity index (χ1n) is 13.7. The summed E-state index contributed by atoms with van der Waals surface area (Å²) < 4.78 is 0.782. The first-order valence-corrected chi connectivity index (χ1v) is 15.3. The van der Waals surface area contributed by atoms with E-state index in [1.807, 2.05) is 51.1 Å². The molecule has 0 saturated carbocycles. The molecule has 2 amide bonds. The van der Waals surface area contributed by atoms with Crippen LogP contribution >= 0.6 is 27.3 Å². The molecule has 1 fully saturated rings. The van der Waals surface area contributed by atoms with Gasteiger partial charge in [0.25, 0.3) is 5.91 Å². The molecule has 218 valence electrons. The van der Waals surface area contributed by atoms with E-state index in [0.717, 1.165) is 20.5 Å². The van der Waals surface area contributed by atoms with E-state index in [-0.39, 0.29) is 23.7 Å². The number of benzene rings is 1. The van der Waals surface area contributed by atoms with Gasteiger partial charge in [0.05, 0.1) is 9.35 Å². The molecule has 2 N–H and O–H groups in total. The molecule has 0 spiro atoms. The molecule has 1 saturated heterocycles. The summed E-state index contributed by atoms with van der Waals surface area (Å²) in [5.74, 6) is -1.19. The third kappa shape index (κ3) is 6.38. The average Bonchev–Trinajstić information content (AvgIpc) is 3.57. The highest BCUT2D eigenvalue weighted by atomic mass is 79.9. The van der Waals surface area contributed by atoms with Crippen LogP contribution in [0.1, 0.15) is 74.5 Å². The number of nitrogens with zero attached hydrogens (tertiary/aromatic N) is 3. The Morgan fingerprint density at radius 3 is 2.22 bits per heavy atom. The zero-order valence-electron chi connectivity index (χ0n) is 24.3. The number of aromatic nitrogens is 2. The van der Waals surface area contributed by atoms with Crippen molar-refractivity contribution in [2.75, 3.05) is 6.54 Å². The van der Waals surface area contributed by atoms with Crippen LogP contribution < -0.4 is 5.32 Å². The molecule has 0 bridgehead atoms. The Hall–Kier alpha value is -3.11. The van der Waals surface area contributed by atoms with Crippen LogP contribution in [0.4, 0.5) is 0 Å². The molecule has 8 nitrogen and oxygen atoms in total. The fraction of sp³-hybridized carbons (Fsp3) is 0.452. The number of carbonyl (C=O) groups is 3. The molecule has 0 radical (unpaired) electrons. The molecule has 0 aliphatic carbocycles. The van der Waals surface area contributed by atoms with Gasteiger partial charge in [-0.25, -0.2) is 14.8 Å². The predicted molar refractivity (Wildman–Crippen MR) is 164 cm³/mol. The molecule has 1 aliphatic heterocycles. The van der Waals surface area contributed by atoms with E-state index in [1.165, 1.54) is 16.2 Å². The van der Waals surface area contributed by atoms with Crippen LogP contribution in [0.25, 0.3) is 11.4 Å². The first-order chi connectivity index (χ1) is 19.1. The van der Waals surface area contributed by atoms with Gasteiger partial charge in [0, 0.05) is 35.8 Å².